The Bertz CT molecular complexity index is 653. The second-order valence-electron chi connectivity index (χ2n) is 10.0. The molecule has 2 atom stereocenters. The maximum Gasteiger partial charge on any atom is -0.00928 e. The fourth-order valence-corrected chi connectivity index (χ4v) is 4.27. The van der Waals surface area contributed by atoms with Gasteiger partial charge in [-0.25, -0.2) is 0 Å². The van der Waals surface area contributed by atoms with E-state index in [-0.39, 0.29) is 10.8 Å². The molecule has 0 radical (unpaired) electrons. The van der Waals surface area contributed by atoms with Crippen LogP contribution in [0.1, 0.15) is 84.4 Å². The predicted octanol–water partition coefficient (Wildman–Crippen LogP) is 7.04. The molecule has 2 aliphatic rings. The molecule has 3 rings (SSSR count). The monoisotopic (exact) mass is 322 g/mol. The van der Waals surface area contributed by atoms with Crippen LogP contribution in [-0.4, -0.2) is 0 Å². The van der Waals surface area contributed by atoms with E-state index in [1.54, 1.807) is 5.57 Å². The molecule has 0 bridgehead atoms. The highest BCUT2D eigenvalue weighted by Gasteiger charge is 2.32. The number of benzene rings is 1. The third-order valence-electron chi connectivity index (χ3n) is 5.83. The van der Waals surface area contributed by atoms with Crippen molar-refractivity contribution in [2.45, 2.75) is 78.6 Å². The molecule has 0 aliphatic heterocycles. The molecule has 1 aromatic rings. The van der Waals surface area contributed by atoms with E-state index >= 15 is 0 Å². The van der Waals surface area contributed by atoms with Crippen molar-refractivity contribution >= 4 is 5.57 Å². The summed E-state index contributed by atoms with van der Waals surface area (Å²) in [6.07, 6.45) is 9.07. The Morgan fingerprint density at radius 1 is 0.833 bits per heavy atom. The van der Waals surface area contributed by atoms with E-state index in [0.29, 0.717) is 0 Å². The first-order chi connectivity index (χ1) is 11.1. The van der Waals surface area contributed by atoms with Crippen molar-refractivity contribution in [2.75, 3.05) is 0 Å². The molecule has 0 aromatic heterocycles. The second-order valence-corrected chi connectivity index (χ2v) is 10.0. The minimum absolute atomic E-state index is 0.186. The standard InChI is InChI=1S/C24H34/c1-16-11-17-9-8-10-21(17)22(12-16)18-13-19(23(2,3)4)15-20(14-18)24(5,6)7/h11-15,17,21H,8-10H2,1-7H3. The zero-order valence-corrected chi connectivity index (χ0v) is 16.7. The average molecular weight is 323 g/mol. The highest BCUT2D eigenvalue weighted by molar-refractivity contribution is 5.73. The Morgan fingerprint density at radius 2 is 1.42 bits per heavy atom. The molecule has 0 amide bonds. The van der Waals surface area contributed by atoms with E-state index < -0.39 is 0 Å². The third kappa shape index (κ3) is 3.39. The van der Waals surface area contributed by atoms with E-state index in [4.69, 9.17) is 0 Å². The maximum atomic E-state index is 2.51. The van der Waals surface area contributed by atoms with Gasteiger partial charge < -0.3 is 0 Å². The summed E-state index contributed by atoms with van der Waals surface area (Å²) >= 11 is 0. The summed E-state index contributed by atoms with van der Waals surface area (Å²) in [6.45, 7) is 16.3. The average Bonchev–Trinajstić information content (AvgIpc) is 2.92. The van der Waals surface area contributed by atoms with Crippen LogP contribution in [0.25, 0.3) is 5.57 Å². The van der Waals surface area contributed by atoms with Gasteiger partial charge in [0.2, 0.25) is 0 Å². The van der Waals surface area contributed by atoms with Gasteiger partial charge >= 0.3 is 0 Å². The highest BCUT2D eigenvalue weighted by Crippen LogP contribution is 2.46. The molecule has 1 fully saturated rings. The lowest BCUT2D eigenvalue weighted by molar-refractivity contribution is 0.558. The minimum Gasteiger partial charge on any atom is -0.0779 e. The number of rotatable bonds is 1. The minimum atomic E-state index is 0.186. The van der Waals surface area contributed by atoms with Crippen molar-refractivity contribution in [3.05, 3.63) is 52.6 Å². The van der Waals surface area contributed by atoms with E-state index in [1.165, 1.54) is 41.5 Å². The lowest BCUT2D eigenvalue weighted by atomic mass is 9.75. The van der Waals surface area contributed by atoms with Crippen molar-refractivity contribution in [3.8, 4) is 0 Å². The van der Waals surface area contributed by atoms with E-state index in [0.717, 1.165) is 11.8 Å². The third-order valence-corrected chi connectivity index (χ3v) is 5.83. The lowest BCUT2D eigenvalue weighted by Crippen LogP contribution is -2.18. The zero-order valence-electron chi connectivity index (χ0n) is 16.7. The predicted molar refractivity (Wildman–Crippen MR) is 106 cm³/mol. The largest absolute Gasteiger partial charge is 0.0779 e. The van der Waals surface area contributed by atoms with Crippen LogP contribution in [0, 0.1) is 11.8 Å². The molecular weight excluding hydrogens is 288 g/mol. The van der Waals surface area contributed by atoms with Gasteiger partial charge in [-0.3, -0.25) is 0 Å². The first-order valence-electron chi connectivity index (χ1n) is 9.62. The van der Waals surface area contributed by atoms with Crippen LogP contribution in [0.3, 0.4) is 0 Å². The molecule has 0 heteroatoms. The van der Waals surface area contributed by atoms with Gasteiger partial charge in [-0.1, -0.05) is 83.9 Å². The molecule has 2 unspecified atom stereocenters. The highest BCUT2D eigenvalue weighted by atomic mass is 14.4. The Balaban J connectivity index is 2.15. The lowest BCUT2D eigenvalue weighted by Gasteiger charge is -2.30. The molecule has 0 nitrogen and oxygen atoms in total. The Hall–Kier alpha value is -1.30. The van der Waals surface area contributed by atoms with Gasteiger partial charge in [0.25, 0.3) is 0 Å². The van der Waals surface area contributed by atoms with Crippen LogP contribution >= 0.6 is 0 Å². The van der Waals surface area contributed by atoms with Gasteiger partial charge in [-0.15, -0.1) is 0 Å². The van der Waals surface area contributed by atoms with Crippen LogP contribution in [0.4, 0.5) is 0 Å². The number of hydrogen-bond donors (Lipinski definition) is 0. The summed E-state index contributed by atoms with van der Waals surface area (Å²) in [5.41, 5.74) is 7.81. The summed E-state index contributed by atoms with van der Waals surface area (Å²) in [5, 5.41) is 0. The Morgan fingerprint density at radius 3 is 1.96 bits per heavy atom. The van der Waals surface area contributed by atoms with Gasteiger partial charge in [0, 0.05) is 0 Å². The van der Waals surface area contributed by atoms with Crippen LogP contribution in [0.15, 0.2) is 35.9 Å². The molecule has 0 spiro atoms. The first-order valence-corrected chi connectivity index (χ1v) is 9.62. The smallest absolute Gasteiger partial charge is 0.00928 e. The number of allylic oxidation sites excluding steroid dienone is 4. The molecule has 24 heavy (non-hydrogen) atoms. The first kappa shape index (κ1) is 17.5. The number of hydrogen-bond acceptors (Lipinski definition) is 0. The molecular formula is C24H34. The summed E-state index contributed by atoms with van der Waals surface area (Å²) in [4.78, 5) is 0. The van der Waals surface area contributed by atoms with E-state index in [1.807, 2.05) is 0 Å². The summed E-state index contributed by atoms with van der Waals surface area (Å²) in [5.74, 6) is 1.50. The molecule has 130 valence electrons. The van der Waals surface area contributed by atoms with Gasteiger partial charge in [-0.2, -0.15) is 0 Å². The van der Waals surface area contributed by atoms with Gasteiger partial charge in [0.1, 0.15) is 0 Å². The molecule has 0 saturated heterocycles. The van der Waals surface area contributed by atoms with Crippen molar-refractivity contribution in [2.24, 2.45) is 11.8 Å². The van der Waals surface area contributed by atoms with E-state index in [9.17, 15) is 0 Å². The molecule has 1 aromatic carbocycles. The van der Waals surface area contributed by atoms with Crippen LogP contribution in [-0.2, 0) is 10.8 Å². The van der Waals surface area contributed by atoms with Gasteiger partial charge in [0.05, 0.1) is 0 Å². The number of fused-ring (bicyclic) bond motifs is 1. The summed E-state index contributed by atoms with van der Waals surface area (Å²) in [6, 6.07) is 7.37. The summed E-state index contributed by atoms with van der Waals surface area (Å²) in [7, 11) is 0. The maximum absolute atomic E-state index is 2.51. The quantitative estimate of drug-likeness (QED) is 0.520. The summed E-state index contributed by atoms with van der Waals surface area (Å²) < 4.78 is 0. The zero-order chi connectivity index (χ0) is 17.7. The second kappa shape index (κ2) is 5.90. The Labute approximate surface area is 149 Å². The van der Waals surface area contributed by atoms with Crippen molar-refractivity contribution in [1.29, 1.82) is 0 Å². The normalized spacial score (nSPS) is 24.5. The Kier molecular flexibility index (Phi) is 4.31. The fraction of sp³-hybridized carbons (Fsp3) is 0.583. The van der Waals surface area contributed by atoms with Crippen LogP contribution in [0.2, 0.25) is 0 Å². The van der Waals surface area contributed by atoms with Crippen LogP contribution in [0.5, 0.6) is 0 Å². The van der Waals surface area contributed by atoms with Gasteiger partial charge in [0.15, 0.2) is 0 Å². The topological polar surface area (TPSA) is 0 Å². The molecule has 0 N–H and O–H groups in total. The van der Waals surface area contributed by atoms with Crippen molar-refractivity contribution in [1.82, 2.24) is 0 Å². The van der Waals surface area contributed by atoms with Gasteiger partial charge in [-0.05, 0) is 64.7 Å². The van der Waals surface area contributed by atoms with Crippen molar-refractivity contribution < 1.29 is 0 Å². The SMILES string of the molecule is CC1=CC2CCCC2C(c2cc(C(C)(C)C)cc(C(C)(C)C)c2)=C1. The van der Waals surface area contributed by atoms with Crippen LogP contribution < -0.4 is 0 Å². The molecule has 1 saturated carbocycles. The van der Waals surface area contributed by atoms with E-state index in [2.05, 4.69) is 78.8 Å². The van der Waals surface area contributed by atoms with Crippen molar-refractivity contribution in [3.63, 3.8) is 0 Å². The molecule has 2 aliphatic carbocycles. The molecule has 0 heterocycles. The fourth-order valence-electron chi connectivity index (χ4n) is 4.27.